The predicted molar refractivity (Wildman–Crippen MR) is 48.2 cm³/mol. The second-order valence-electron chi connectivity index (χ2n) is 3.22. The van der Waals surface area contributed by atoms with Crippen LogP contribution in [0.4, 0.5) is 13.2 Å². The van der Waals surface area contributed by atoms with Crippen LogP contribution in [0.25, 0.3) is 0 Å². The van der Waals surface area contributed by atoms with Crippen molar-refractivity contribution in [1.29, 1.82) is 0 Å². The molecule has 0 spiro atoms. The number of rotatable bonds is 4. The Morgan fingerprint density at radius 3 is 2.21 bits per heavy atom. The summed E-state index contributed by atoms with van der Waals surface area (Å²) in [4.78, 5) is 12.0. The summed E-state index contributed by atoms with van der Waals surface area (Å²) >= 11 is 5.31. The number of alkyl halides is 4. The van der Waals surface area contributed by atoms with Gasteiger partial charge in [-0.05, 0) is 0 Å². The Hall–Kier alpha value is -0.450. The van der Waals surface area contributed by atoms with Gasteiger partial charge in [0, 0.05) is 18.3 Å². The first-order chi connectivity index (χ1) is 6.28. The SMILES string of the molecule is CC(C)C(=O)N(CCCl)CC(F)(F)F. The van der Waals surface area contributed by atoms with E-state index in [2.05, 4.69) is 0 Å². The summed E-state index contributed by atoms with van der Waals surface area (Å²) in [6.07, 6.45) is -4.36. The van der Waals surface area contributed by atoms with Gasteiger partial charge in [0.05, 0.1) is 0 Å². The second-order valence-corrected chi connectivity index (χ2v) is 3.60. The Labute approximate surface area is 86.0 Å². The average Bonchev–Trinajstić information content (AvgIpc) is 1.99. The Kier molecular flexibility index (Phi) is 5.26. The van der Waals surface area contributed by atoms with E-state index in [1.807, 2.05) is 0 Å². The zero-order valence-corrected chi connectivity index (χ0v) is 8.82. The molecule has 0 aliphatic rings. The Balaban J connectivity index is 4.36. The van der Waals surface area contributed by atoms with E-state index in [4.69, 9.17) is 11.6 Å². The van der Waals surface area contributed by atoms with Crippen molar-refractivity contribution in [2.45, 2.75) is 20.0 Å². The van der Waals surface area contributed by atoms with E-state index >= 15 is 0 Å². The first-order valence-electron chi connectivity index (χ1n) is 4.19. The Morgan fingerprint density at radius 1 is 1.43 bits per heavy atom. The number of halogens is 4. The van der Waals surface area contributed by atoms with Gasteiger partial charge in [0.25, 0.3) is 0 Å². The van der Waals surface area contributed by atoms with Crippen LogP contribution < -0.4 is 0 Å². The van der Waals surface area contributed by atoms with Gasteiger partial charge in [-0.2, -0.15) is 13.2 Å². The first-order valence-corrected chi connectivity index (χ1v) is 4.73. The molecular weight excluding hydrogens is 219 g/mol. The monoisotopic (exact) mass is 231 g/mol. The lowest BCUT2D eigenvalue weighted by atomic mass is 10.2. The third-order valence-electron chi connectivity index (χ3n) is 1.53. The molecule has 0 aromatic carbocycles. The highest BCUT2D eigenvalue weighted by atomic mass is 35.5. The van der Waals surface area contributed by atoms with Crippen LogP contribution in [0.15, 0.2) is 0 Å². The molecule has 14 heavy (non-hydrogen) atoms. The quantitative estimate of drug-likeness (QED) is 0.680. The summed E-state index contributed by atoms with van der Waals surface area (Å²) in [7, 11) is 0. The molecule has 1 amide bonds. The fourth-order valence-electron chi connectivity index (χ4n) is 0.951. The van der Waals surface area contributed by atoms with Crippen molar-refractivity contribution in [2.75, 3.05) is 19.0 Å². The van der Waals surface area contributed by atoms with Crippen LogP contribution >= 0.6 is 11.6 Å². The molecule has 0 bridgehead atoms. The molecule has 0 unspecified atom stereocenters. The summed E-state index contributed by atoms with van der Waals surface area (Å²) in [5.41, 5.74) is 0. The van der Waals surface area contributed by atoms with Gasteiger partial charge in [0.15, 0.2) is 0 Å². The molecule has 0 heterocycles. The van der Waals surface area contributed by atoms with Crippen molar-refractivity contribution >= 4 is 17.5 Å². The molecule has 0 rings (SSSR count). The zero-order chi connectivity index (χ0) is 11.4. The van der Waals surface area contributed by atoms with Crippen LogP contribution in [0.1, 0.15) is 13.8 Å². The van der Waals surface area contributed by atoms with E-state index in [-0.39, 0.29) is 12.4 Å². The number of amides is 1. The number of nitrogens with zero attached hydrogens (tertiary/aromatic N) is 1. The van der Waals surface area contributed by atoms with Crippen molar-refractivity contribution in [1.82, 2.24) is 4.90 Å². The second kappa shape index (κ2) is 5.44. The summed E-state index contributed by atoms with van der Waals surface area (Å²) in [6, 6.07) is 0. The molecule has 0 aliphatic heterocycles. The maximum atomic E-state index is 12.0. The molecule has 0 saturated carbocycles. The average molecular weight is 232 g/mol. The fraction of sp³-hybridized carbons (Fsp3) is 0.875. The van der Waals surface area contributed by atoms with Crippen LogP contribution in [0.3, 0.4) is 0 Å². The van der Waals surface area contributed by atoms with Crippen molar-refractivity contribution in [2.24, 2.45) is 5.92 Å². The highest BCUT2D eigenvalue weighted by Crippen LogP contribution is 2.17. The maximum Gasteiger partial charge on any atom is 0.406 e. The van der Waals surface area contributed by atoms with Gasteiger partial charge in [-0.1, -0.05) is 13.8 Å². The van der Waals surface area contributed by atoms with E-state index in [0.717, 1.165) is 4.90 Å². The summed E-state index contributed by atoms with van der Waals surface area (Å²) in [5.74, 6) is -0.960. The van der Waals surface area contributed by atoms with Crippen LogP contribution in [0.5, 0.6) is 0 Å². The van der Waals surface area contributed by atoms with E-state index in [1.54, 1.807) is 13.8 Å². The van der Waals surface area contributed by atoms with Gasteiger partial charge in [0.2, 0.25) is 5.91 Å². The predicted octanol–water partition coefficient (Wildman–Crippen LogP) is 2.27. The smallest absolute Gasteiger partial charge is 0.332 e. The molecular formula is C8H13ClF3NO. The van der Waals surface area contributed by atoms with Crippen LogP contribution in [0.2, 0.25) is 0 Å². The van der Waals surface area contributed by atoms with E-state index in [9.17, 15) is 18.0 Å². The number of hydrogen-bond donors (Lipinski definition) is 0. The molecule has 0 aromatic rings. The van der Waals surface area contributed by atoms with Crippen molar-refractivity contribution < 1.29 is 18.0 Å². The minimum absolute atomic E-state index is 0.00847. The van der Waals surface area contributed by atoms with Gasteiger partial charge in [-0.25, -0.2) is 0 Å². The van der Waals surface area contributed by atoms with E-state index in [1.165, 1.54) is 0 Å². The van der Waals surface area contributed by atoms with Gasteiger partial charge in [-0.3, -0.25) is 4.79 Å². The summed E-state index contributed by atoms with van der Waals surface area (Å²) < 4.78 is 36.0. The molecule has 2 nitrogen and oxygen atoms in total. The zero-order valence-electron chi connectivity index (χ0n) is 8.07. The van der Waals surface area contributed by atoms with Crippen molar-refractivity contribution in [3.63, 3.8) is 0 Å². The largest absolute Gasteiger partial charge is 0.406 e. The minimum Gasteiger partial charge on any atom is -0.332 e. The molecule has 0 aliphatic carbocycles. The lowest BCUT2D eigenvalue weighted by Crippen LogP contribution is -2.42. The normalized spacial score (nSPS) is 11.9. The molecule has 0 radical (unpaired) electrons. The van der Waals surface area contributed by atoms with Crippen LogP contribution in [-0.2, 0) is 4.79 Å². The Morgan fingerprint density at radius 2 is 1.93 bits per heavy atom. The fourth-order valence-corrected chi connectivity index (χ4v) is 1.15. The minimum atomic E-state index is -4.36. The molecule has 0 fully saturated rings. The molecule has 0 N–H and O–H groups in total. The third kappa shape index (κ3) is 5.32. The highest BCUT2D eigenvalue weighted by Gasteiger charge is 2.33. The lowest BCUT2D eigenvalue weighted by Gasteiger charge is -2.24. The molecule has 6 heteroatoms. The van der Waals surface area contributed by atoms with Gasteiger partial charge in [-0.15, -0.1) is 11.6 Å². The third-order valence-corrected chi connectivity index (χ3v) is 1.70. The molecule has 84 valence electrons. The van der Waals surface area contributed by atoms with Gasteiger partial charge >= 0.3 is 6.18 Å². The van der Waals surface area contributed by atoms with Crippen LogP contribution in [0, 0.1) is 5.92 Å². The van der Waals surface area contributed by atoms with Gasteiger partial charge < -0.3 is 4.90 Å². The maximum absolute atomic E-state index is 12.0. The molecule has 0 aromatic heterocycles. The summed E-state index contributed by atoms with van der Waals surface area (Å²) in [5, 5.41) is 0. The number of hydrogen-bond acceptors (Lipinski definition) is 1. The standard InChI is InChI=1S/C8H13ClF3NO/c1-6(2)7(14)13(4-3-9)5-8(10,11)12/h6H,3-5H2,1-2H3. The number of carbonyl (C=O) groups is 1. The lowest BCUT2D eigenvalue weighted by molar-refractivity contribution is -0.162. The summed E-state index contributed by atoms with van der Waals surface area (Å²) in [6.45, 7) is 1.81. The highest BCUT2D eigenvalue weighted by molar-refractivity contribution is 6.18. The van der Waals surface area contributed by atoms with Crippen molar-refractivity contribution in [3.05, 3.63) is 0 Å². The molecule has 0 saturated heterocycles. The first kappa shape index (κ1) is 13.5. The van der Waals surface area contributed by atoms with E-state index < -0.39 is 24.5 Å². The Bertz CT molecular complexity index is 194. The van der Waals surface area contributed by atoms with Gasteiger partial charge in [0.1, 0.15) is 6.54 Å². The topological polar surface area (TPSA) is 20.3 Å². The van der Waals surface area contributed by atoms with E-state index in [0.29, 0.717) is 0 Å². The molecule has 0 atom stereocenters. The van der Waals surface area contributed by atoms with Crippen molar-refractivity contribution in [3.8, 4) is 0 Å². The van der Waals surface area contributed by atoms with Crippen LogP contribution in [-0.4, -0.2) is 36.0 Å². The number of carbonyl (C=O) groups excluding carboxylic acids is 1.